The van der Waals surface area contributed by atoms with Crippen molar-refractivity contribution >= 4 is 0 Å². The van der Waals surface area contributed by atoms with Gasteiger partial charge in [-0.2, -0.15) is 0 Å². The molecule has 1 N–H and O–H groups in total. The van der Waals surface area contributed by atoms with Crippen molar-refractivity contribution < 1.29 is 0 Å². The molecule has 8 aromatic carbocycles. The van der Waals surface area contributed by atoms with Crippen LogP contribution in [0.5, 0.6) is 0 Å². The first kappa shape index (κ1) is 39.1. The molecule has 0 aliphatic heterocycles. The van der Waals surface area contributed by atoms with Gasteiger partial charge in [-0.1, -0.05) is 206 Å². The number of rotatable bonds is 10. The van der Waals surface area contributed by atoms with E-state index < -0.39 is 0 Å². The minimum atomic E-state index is 0.586. The fourth-order valence-electron chi connectivity index (χ4n) is 8.68. The van der Waals surface area contributed by atoms with Crippen molar-refractivity contribution in [2.45, 2.75) is 0 Å². The minimum Gasteiger partial charge on any atom is -0.367 e. The Morgan fingerprint density at radius 3 is 1.17 bits per heavy atom. The number of nitrogens with one attached hydrogen (secondary N) is 1. The SMILES string of the molecule is c1ccc(-c2cc(-c3ccccc3-c3cc[nH]c3)cc(-c3ccccc3-c3cccc(-c4nc(-c5ccccc5-c5ccccc5)nc(-c5ccccc5-c5ccccc5)n4)c3)n2)cc1. The summed E-state index contributed by atoms with van der Waals surface area (Å²) in [5.41, 5.74) is 17.5. The van der Waals surface area contributed by atoms with Crippen molar-refractivity contribution in [3.63, 3.8) is 0 Å². The highest BCUT2D eigenvalue weighted by Gasteiger charge is 2.20. The smallest absolute Gasteiger partial charge is 0.164 e. The zero-order chi connectivity index (χ0) is 43.4. The van der Waals surface area contributed by atoms with Crippen LogP contribution in [0.2, 0.25) is 0 Å². The van der Waals surface area contributed by atoms with Gasteiger partial charge in [0.05, 0.1) is 11.4 Å². The first-order valence-corrected chi connectivity index (χ1v) is 21.8. The summed E-state index contributed by atoms with van der Waals surface area (Å²) in [5.74, 6) is 1.79. The normalized spacial score (nSPS) is 11.1. The maximum absolute atomic E-state index is 5.38. The van der Waals surface area contributed by atoms with Gasteiger partial charge in [-0.05, 0) is 79.9 Å². The Kier molecular flexibility index (Phi) is 10.5. The lowest BCUT2D eigenvalue weighted by Crippen LogP contribution is -2.02. The molecule has 0 saturated carbocycles. The number of aromatic amines is 1. The summed E-state index contributed by atoms with van der Waals surface area (Å²) in [6.45, 7) is 0. The Morgan fingerprint density at radius 1 is 0.231 bits per heavy atom. The van der Waals surface area contributed by atoms with Gasteiger partial charge in [-0.15, -0.1) is 0 Å². The summed E-state index contributed by atoms with van der Waals surface area (Å²) in [6, 6.07) is 80.1. The van der Waals surface area contributed by atoms with Gasteiger partial charge >= 0.3 is 0 Å². The van der Waals surface area contributed by atoms with E-state index in [0.717, 1.165) is 94.8 Å². The number of nitrogens with zero attached hydrogens (tertiary/aromatic N) is 4. The number of hydrogen-bond donors (Lipinski definition) is 1. The lowest BCUT2D eigenvalue weighted by molar-refractivity contribution is 1.07. The van der Waals surface area contributed by atoms with Crippen molar-refractivity contribution in [2.24, 2.45) is 0 Å². The predicted molar refractivity (Wildman–Crippen MR) is 266 cm³/mol. The van der Waals surface area contributed by atoms with E-state index in [1.165, 1.54) is 0 Å². The van der Waals surface area contributed by atoms with Gasteiger partial charge in [0.2, 0.25) is 0 Å². The van der Waals surface area contributed by atoms with Crippen molar-refractivity contribution in [1.82, 2.24) is 24.9 Å². The summed E-state index contributed by atoms with van der Waals surface area (Å²) < 4.78 is 0. The second kappa shape index (κ2) is 17.5. The molecule has 0 aliphatic carbocycles. The topological polar surface area (TPSA) is 67.3 Å². The summed E-state index contributed by atoms with van der Waals surface area (Å²) in [4.78, 5) is 24.5. The number of pyridine rings is 1. The standard InChI is InChI=1S/C60H41N5/c1-4-19-41(20-5-1)48-27-13-16-33-54(48)59-63-58(64-60(65-59)55-34-17-14-28-49(55)42-21-6-2-7-22-42)45-26-18-25-44(37-45)50-29-12-15-32-53(50)57-39-47(38-56(62-57)43-23-8-3-9-24-43)52-31-11-10-30-51(52)46-35-36-61-40-46/h1-40,61H. The van der Waals surface area contributed by atoms with Crippen LogP contribution in [0.1, 0.15) is 0 Å². The lowest BCUT2D eigenvalue weighted by atomic mass is 9.92. The van der Waals surface area contributed by atoms with E-state index >= 15 is 0 Å². The molecule has 0 amide bonds. The third-order valence-electron chi connectivity index (χ3n) is 11.8. The van der Waals surface area contributed by atoms with Gasteiger partial charge < -0.3 is 4.98 Å². The molecule has 11 aromatic rings. The van der Waals surface area contributed by atoms with Crippen molar-refractivity contribution in [3.05, 3.63) is 243 Å². The Balaban J connectivity index is 1.07. The van der Waals surface area contributed by atoms with Crippen LogP contribution in [0, 0.1) is 0 Å². The lowest BCUT2D eigenvalue weighted by Gasteiger charge is -2.16. The van der Waals surface area contributed by atoms with Crippen LogP contribution in [0.4, 0.5) is 0 Å². The summed E-state index contributed by atoms with van der Waals surface area (Å²) >= 11 is 0. The Bertz CT molecular complexity index is 3320. The maximum Gasteiger partial charge on any atom is 0.164 e. The molecule has 3 aromatic heterocycles. The van der Waals surface area contributed by atoms with E-state index in [0.29, 0.717) is 17.5 Å². The molecule has 0 radical (unpaired) electrons. The van der Waals surface area contributed by atoms with E-state index in [9.17, 15) is 0 Å². The Labute approximate surface area is 378 Å². The molecule has 65 heavy (non-hydrogen) atoms. The molecule has 306 valence electrons. The highest BCUT2D eigenvalue weighted by atomic mass is 15.0. The van der Waals surface area contributed by atoms with E-state index in [1.54, 1.807) is 0 Å². The summed E-state index contributed by atoms with van der Waals surface area (Å²) in [7, 11) is 0. The summed E-state index contributed by atoms with van der Waals surface area (Å²) in [6.07, 6.45) is 4.01. The molecule has 0 unspecified atom stereocenters. The first-order chi connectivity index (χ1) is 32.2. The van der Waals surface area contributed by atoms with Crippen LogP contribution >= 0.6 is 0 Å². The molecular formula is C60H41N5. The average molecular weight is 832 g/mol. The molecule has 0 saturated heterocycles. The maximum atomic E-state index is 5.38. The number of aromatic nitrogens is 5. The van der Waals surface area contributed by atoms with Crippen LogP contribution < -0.4 is 0 Å². The second-order valence-electron chi connectivity index (χ2n) is 15.9. The fourth-order valence-corrected chi connectivity index (χ4v) is 8.68. The van der Waals surface area contributed by atoms with E-state index in [2.05, 4.69) is 205 Å². The van der Waals surface area contributed by atoms with Gasteiger partial charge in [0.15, 0.2) is 17.5 Å². The molecule has 11 rings (SSSR count). The zero-order valence-corrected chi connectivity index (χ0v) is 35.4. The third-order valence-corrected chi connectivity index (χ3v) is 11.8. The molecule has 0 atom stereocenters. The van der Waals surface area contributed by atoms with Gasteiger partial charge in [-0.3, -0.25) is 0 Å². The zero-order valence-electron chi connectivity index (χ0n) is 35.4. The van der Waals surface area contributed by atoms with E-state index in [-0.39, 0.29) is 0 Å². The van der Waals surface area contributed by atoms with Gasteiger partial charge in [0.1, 0.15) is 0 Å². The van der Waals surface area contributed by atoms with Gasteiger partial charge in [0.25, 0.3) is 0 Å². The average Bonchev–Trinajstić information content (AvgIpc) is 3.95. The minimum absolute atomic E-state index is 0.586. The Morgan fingerprint density at radius 2 is 0.631 bits per heavy atom. The van der Waals surface area contributed by atoms with Crippen LogP contribution in [0.3, 0.4) is 0 Å². The monoisotopic (exact) mass is 831 g/mol. The van der Waals surface area contributed by atoms with Gasteiger partial charge in [-0.25, -0.2) is 19.9 Å². The molecule has 5 nitrogen and oxygen atoms in total. The molecule has 0 aliphatic rings. The molecule has 0 fully saturated rings. The Hall–Kier alpha value is -8.80. The number of hydrogen-bond acceptors (Lipinski definition) is 4. The second-order valence-corrected chi connectivity index (χ2v) is 15.9. The largest absolute Gasteiger partial charge is 0.367 e. The van der Waals surface area contributed by atoms with E-state index in [1.807, 2.05) is 42.7 Å². The van der Waals surface area contributed by atoms with Crippen molar-refractivity contribution in [3.8, 4) is 112 Å². The predicted octanol–water partition coefficient (Wildman–Crippen LogP) is 15.3. The first-order valence-electron chi connectivity index (χ1n) is 21.8. The van der Waals surface area contributed by atoms with Crippen LogP contribution in [-0.4, -0.2) is 24.9 Å². The van der Waals surface area contributed by atoms with Crippen LogP contribution in [0.15, 0.2) is 243 Å². The summed E-state index contributed by atoms with van der Waals surface area (Å²) in [5, 5.41) is 0. The van der Waals surface area contributed by atoms with Crippen molar-refractivity contribution in [2.75, 3.05) is 0 Å². The third kappa shape index (κ3) is 7.95. The van der Waals surface area contributed by atoms with Crippen LogP contribution in [-0.2, 0) is 0 Å². The van der Waals surface area contributed by atoms with Crippen molar-refractivity contribution in [1.29, 1.82) is 0 Å². The van der Waals surface area contributed by atoms with E-state index in [4.69, 9.17) is 19.9 Å². The molecule has 0 bridgehead atoms. The quantitative estimate of drug-likeness (QED) is 0.149. The molecule has 0 spiro atoms. The van der Waals surface area contributed by atoms with Crippen LogP contribution in [0.25, 0.3) is 112 Å². The molecular weight excluding hydrogens is 791 g/mol. The highest BCUT2D eigenvalue weighted by Crippen LogP contribution is 2.40. The molecule has 3 heterocycles. The molecule has 5 heteroatoms. The highest BCUT2D eigenvalue weighted by molar-refractivity contribution is 5.90. The number of benzene rings is 8. The van der Waals surface area contributed by atoms with Gasteiger partial charge in [0, 0.05) is 40.2 Å². The fraction of sp³-hybridized carbons (Fsp3) is 0. The number of H-pyrrole nitrogens is 1.